The van der Waals surface area contributed by atoms with Crippen molar-refractivity contribution in [1.29, 1.82) is 0 Å². The lowest BCUT2D eigenvalue weighted by atomic mass is 9.71. The van der Waals surface area contributed by atoms with E-state index in [0.717, 1.165) is 5.57 Å². The van der Waals surface area contributed by atoms with Crippen LogP contribution in [0.3, 0.4) is 0 Å². The van der Waals surface area contributed by atoms with Gasteiger partial charge in [-0.15, -0.1) is 0 Å². The molecule has 7 heteroatoms. The normalized spacial score (nSPS) is 35.2. The van der Waals surface area contributed by atoms with Crippen LogP contribution in [-0.4, -0.2) is 46.7 Å². The smallest absolute Gasteiger partial charge is 0.207 e. The minimum Gasteiger partial charge on any atom is -0.465 e. The van der Waals surface area contributed by atoms with Crippen molar-refractivity contribution in [2.24, 2.45) is 17.8 Å². The molecule has 0 aromatic rings. The number of hydrogen-bond acceptors (Lipinski definition) is 6. The number of halogens is 1. The molecule has 7 atom stereocenters. The molecule has 6 nitrogen and oxygen atoms in total. The predicted molar refractivity (Wildman–Crippen MR) is 113 cm³/mol. The van der Waals surface area contributed by atoms with E-state index in [1.54, 1.807) is 39.2 Å². The van der Waals surface area contributed by atoms with E-state index in [1.165, 1.54) is 7.11 Å². The highest BCUT2D eigenvalue weighted by Gasteiger charge is 2.63. The fourth-order valence-corrected chi connectivity index (χ4v) is 4.62. The van der Waals surface area contributed by atoms with Crippen LogP contribution < -0.4 is 0 Å². The fourth-order valence-electron chi connectivity index (χ4n) is 4.27. The summed E-state index contributed by atoms with van der Waals surface area (Å²) < 4.78 is 17.8. The number of fused-ring (bicyclic) bond motifs is 3. The average Bonchev–Trinajstić information content (AvgIpc) is 3.04. The number of aliphatic hydroxyl groups is 2. The topological polar surface area (TPSA) is 85.2 Å². The molecule has 0 radical (unpaired) electrons. The van der Waals surface area contributed by atoms with E-state index in [4.69, 9.17) is 25.8 Å². The molecule has 0 aromatic carbocycles. The van der Waals surface area contributed by atoms with Gasteiger partial charge in [-0.3, -0.25) is 4.79 Å². The summed E-state index contributed by atoms with van der Waals surface area (Å²) in [6.45, 7) is 8.86. The molecule has 166 valence electrons. The average molecular weight is 439 g/mol. The molecule has 0 bridgehead atoms. The van der Waals surface area contributed by atoms with Crippen LogP contribution in [0.4, 0.5) is 0 Å². The van der Waals surface area contributed by atoms with Crippen molar-refractivity contribution in [3.05, 3.63) is 46.4 Å². The number of ether oxygens (including phenoxy) is 3. The highest BCUT2D eigenvalue weighted by atomic mass is 35.5. The molecule has 0 spiro atoms. The molecule has 1 aliphatic carbocycles. The SMILES string of the molecule is CO[C@@]1([C@H](C)[C@@H](C)O)C[C@H]2C3=COC(/C=C/[C@@H](C)[C@@H](C)O)=CC3=C(Cl)C(=O)[C@@]2(C)O1. The first-order valence-corrected chi connectivity index (χ1v) is 10.7. The van der Waals surface area contributed by atoms with Crippen molar-refractivity contribution < 1.29 is 29.2 Å². The second-order valence-electron chi connectivity index (χ2n) is 8.76. The summed E-state index contributed by atoms with van der Waals surface area (Å²) in [5.74, 6) is -1.63. The maximum atomic E-state index is 13.3. The van der Waals surface area contributed by atoms with Crippen LogP contribution in [0.1, 0.15) is 41.0 Å². The number of rotatable bonds is 6. The molecule has 3 aliphatic rings. The Morgan fingerprint density at radius 2 is 1.93 bits per heavy atom. The molecule has 2 heterocycles. The summed E-state index contributed by atoms with van der Waals surface area (Å²) in [6.07, 6.45) is 6.19. The van der Waals surface area contributed by atoms with Crippen molar-refractivity contribution in [3.63, 3.8) is 0 Å². The van der Waals surface area contributed by atoms with Gasteiger partial charge in [-0.05, 0) is 32.9 Å². The van der Waals surface area contributed by atoms with E-state index in [2.05, 4.69) is 0 Å². The van der Waals surface area contributed by atoms with Crippen molar-refractivity contribution in [3.8, 4) is 0 Å². The van der Waals surface area contributed by atoms with Crippen molar-refractivity contribution >= 4 is 17.4 Å². The second kappa shape index (κ2) is 8.24. The van der Waals surface area contributed by atoms with E-state index >= 15 is 0 Å². The van der Waals surface area contributed by atoms with E-state index in [1.807, 2.05) is 19.9 Å². The van der Waals surface area contributed by atoms with E-state index in [0.29, 0.717) is 17.8 Å². The lowest BCUT2D eigenvalue weighted by molar-refractivity contribution is -0.267. The van der Waals surface area contributed by atoms with E-state index in [9.17, 15) is 15.0 Å². The van der Waals surface area contributed by atoms with Crippen molar-refractivity contribution in [2.45, 2.75) is 64.6 Å². The standard InChI is InChI=1S/C23H31ClO6/c1-12(14(3)25)7-8-16-9-17-18(11-29-16)19-10-23(28-6,13(2)15(4)26)30-22(19,5)21(27)20(17)24/h7-9,11-15,19,25-26H,10H2,1-6H3/b8-7+/t12-,13-,14-,15-,19+,22+,23+/m1/s1. The number of carbonyl (C=O) groups is 1. The summed E-state index contributed by atoms with van der Waals surface area (Å²) >= 11 is 6.51. The maximum absolute atomic E-state index is 13.3. The minimum atomic E-state index is -1.21. The first kappa shape index (κ1) is 23.2. The monoisotopic (exact) mass is 438 g/mol. The Bertz CT molecular complexity index is 839. The zero-order valence-electron chi connectivity index (χ0n) is 18.3. The van der Waals surface area contributed by atoms with Gasteiger partial charge in [0.15, 0.2) is 5.79 Å². The molecule has 1 saturated heterocycles. The number of ketones is 1. The first-order chi connectivity index (χ1) is 14.0. The summed E-state index contributed by atoms with van der Waals surface area (Å²) in [5.41, 5.74) is 0.177. The van der Waals surface area contributed by atoms with Crippen molar-refractivity contribution in [1.82, 2.24) is 0 Å². The molecule has 3 rings (SSSR count). The molecule has 1 fully saturated rings. The quantitative estimate of drug-likeness (QED) is 0.659. The largest absolute Gasteiger partial charge is 0.465 e. The molecule has 0 aromatic heterocycles. The number of hydrogen-bond donors (Lipinski definition) is 2. The van der Waals surface area contributed by atoms with E-state index in [-0.39, 0.29) is 28.6 Å². The van der Waals surface area contributed by atoms with Gasteiger partial charge in [-0.1, -0.05) is 31.5 Å². The number of Topliss-reactive ketones (excluding diaryl/α,β-unsaturated/α-hetero) is 1. The number of carbonyl (C=O) groups excluding carboxylic acids is 1. The Balaban J connectivity index is 1.97. The van der Waals surface area contributed by atoms with Gasteiger partial charge in [0.2, 0.25) is 5.78 Å². The summed E-state index contributed by atoms with van der Waals surface area (Å²) in [6, 6.07) is 0. The minimum absolute atomic E-state index is 0.0480. The van der Waals surface area contributed by atoms with Crippen LogP contribution in [0, 0.1) is 17.8 Å². The van der Waals surface area contributed by atoms with Crippen LogP contribution in [0.15, 0.2) is 46.4 Å². The molecule has 0 saturated carbocycles. The van der Waals surface area contributed by atoms with Gasteiger partial charge in [0.05, 0.1) is 23.5 Å². The highest BCUT2D eigenvalue weighted by Crippen LogP contribution is 2.56. The number of methoxy groups -OCH3 is 1. The van der Waals surface area contributed by atoms with Crippen LogP contribution in [-0.2, 0) is 19.0 Å². The Hall–Kier alpha value is -1.44. The lowest BCUT2D eigenvalue weighted by Crippen LogP contribution is -2.49. The zero-order valence-corrected chi connectivity index (χ0v) is 19.1. The summed E-state index contributed by atoms with van der Waals surface area (Å²) in [5, 5.41) is 19.9. The number of allylic oxidation sites excluding steroid dienone is 3. The summed E-state index contributed by atoms with van der Waals surface area (Å²) in [4.78, 5) is 13.3. The summed E-state index contributed by atoms with van der Waals surface area (Å²) in [7, 11) is 1.53. The predicted octanol–water partition coefficient (Wildman–Crippen LogP) is 3.59. The van der Waals surface area contributed by atoms with Gasteiger partial charge in [0.1, 0.15) is 11.4 Å². The Kier molecular flexibility index (Phi) is 6.38. The third kappa shape index (κ3) is 3.69. The van der Waals surface area contributed by atoms with Gasteiger partial charge >= 0.3 is 0 Å². The molecule has 2 N–H and O–H groups in total. The molecular formula is C23H31ClO6. The first-order valence-electron chi connectivity index (χ1n) is 10.3. The fraction of sp³-hybridized carbons (Fsp3) is 0.609. The van der Waals surface area contributed by atoms with Gasteiger partial charge in [-0.25, -0.2) is 0 Å². The second-order valence-corrected chi connectivity index (χ2v) is 9.14. The lowest BCUT2D eigenvalue weighted by Gasteiger charge is -2.38. The van der Waals surface area contributed by atoms with Crippen molar-refractivity contribution in [2.75, 3.05) is 7.11 Å². The molecular weight excluding hydrogens is 408 g/mol. The van der Waals surface area contributed by atoms with Gasteiger partial charge < -0.3 is 24.4 Å². The molecule has 30 heavy (non-hydrogen) atoms. The van der Waals surface area contributed by atoms with Crippen LogP contribution in [0.5, 0.6) is 0 Å². The third-order valence-corrected chi connectivity index (χ3v) is 7.18. The highest BCUT2D eigenvalue weighted by molar-refractivity contribution is 6.45. The van der Waals surface area contributed by atoms with E-state index < -0.39 is 23.6 Å². The van der Waals surface area contributed by atoms with Crippen LogP contribution in [0.2, 0.25) is 0 Å². The number of aliphatic hydroxyl groups excluding tert-OH is 2. The molecule has 0 unspecified atom stereocenters. The Labute approximate surface area is 182 Å². The van der Waals surface area contributed by atoms with Crippen LogP contribution in [0.25, 0.3) is 0 Å². The van der Waals surface area contributed by atoms with Gasteiger partial charge in [0.25, 0.3) is 0 Å². The Morgan fingerprint density at radius 1 is 1.27 bits per heavy atom. The maximum Gasteiger partial charge on any atom is 0.207 e. The van der Waals surface area contributed by atoms with Gasteiger partial charge in [0, 0.05) is 42.4 Å². The van der Waals surface area contributed by atoms with Gasteiger partial charge in [-0.2, -0.15) is 0 Å². The zero-order chi connectivity index (χ0) is 22.4. The molecule has 2 aliphatic heterocycles. The third-order valence-electron chi connectivity index (χ3n) is 6.81. The Morgan fingerprint density at radius 3 is 2.50 bits per heavy atom. The van der Waals surface area contributed by atoms with Crippen LogP contribution >= 0.6 is 11.6 Å². The molecule has 0 amide bonds.